The molecule has 0 spiro atoms. The van der Waals surface area contributed by atoms with Gasteiger partial charge in [0.15, 0.2) is 0 Å². The number of hydrogen-bond donors (Lipinski definition) is 1. The second kappa shape index (κ2) is 3.35. The van der Waals surface area contributed by atoms with Gasteiger partial charge in [0.25, 0.3) is 0 Å². The standard InChI is InChI=1S/C10H20N2/c1-3-12-6-9-4-10(7-12)8(2)11-5-9/h8-11H,3-7H2,1-2H3/t8-,9+,10-/m0/s1. The first-order valence-corrected chi connectivity index (χ1v) is 5.25. The first-order valence-electron chi connectivity index (χ1n) is 5.25. The number of hydrogen-bond acceptors (Lipinski definition) is 2. The minimum atomic E-state index is 0.746. The quantitative estimate of drug-likeness (QED) is 0.627. The molecule has 0 unspecified atom stereocenters. The van der Waals surface area contributed by atoms with Gasteiger partial charge in [-0.15, -0.1) is 0 Å². The van der Waals surface area contributed by atoms with Gasteiger partial charge in [-0.05, 0) is 38.3 Å². The Hall–Kier alpha value is -0.0800. The maximum atomic E-state index is 3.60. The third kappa shape index (κ3) is 1.50. The van der Waals surface area contributed by atoms with Gasteiger partial charge in [-0.25, -0.2) is 0 Å². The van der Waals surface area contributed by atoms with Gasteiger partial charge in [0.05, 0.1) is 0 Å². The summed E-state index contributed by atoms with van der Waals surface area (Å²) in [5.41, 5.74) is 0. The van der Waals surface area contributed by atoms with E-state index in [2.05, 4.69) is 24.1 Å². The molecular weight excluding hydrogens is 148 g/mol. The van der Waals surface area contributed by atoms with Gasteiger partial charge in [0, 0.05) is 19.1 Å². The van der Waals surface area contributed by atoms with Crippen molar-refractivity contribution >= 4 is 0 Å². The molecule has 70 valence electrons. The maximum absolute atomic E-state index is 3.60. The SMILES string of the molecule is CCN1C[C@H]2CN[C@@H](C)[C@@H](C2)C1. The largest absolute Gasteiger partial charge is 0.314 e. The average molecular weight is 168 g/mol. The number of fused-ring (bicyclic) bond motifs is 2. The van der Waals surface area contributed by atoms with Gasteiger partial charge in [-0.2, -0.15) is 0 Å². The first kappa shape index (κ1) is 8.52. The Labute approximate surface area is 75.3 Å². The predicted molar refractivity (Wildman–Crippen MR) is 51.2 cm³/mol. The van der Waals surface area contributed by atoms with Gasteiger partial charge in [0.1, 0.15) is 0 Å². The van der Waals surface area contributed by atoms with Crippen LogP contribution in [0.5, 0.6) is 0 Å². The molecule has 2 aliphatic rings. The lowest BCUT2D eigenvalue weighted by atomic mass is 9.81. The molecule has 0 saturated carbocycles. The van der Waals surface area contributed by atoms with E-state index in [0.29, 0.717) is 0 Å². The molecule has 0 aliphatic carbocycles. The van der Waals surface area contributed by atoms with Crippen LogP contribution in [0.15, 0.2) is 0 Å². The van der Waals surface area contributed by atoms with E-state index < -0.39 is 0 Å². The van der Waals surface area contributed by atoms with Crippen LogP contribution in [0.1, 0.15) is 20.3 Å². The Kier molecular flexibility index (Phi) is 2.37. The maximum Gasteiger partial charge on any atom is 0.00794 e. The summed E-state index contributed by atoms with van der Waals surface area (Å²) in [4.78, 5) is 2.61. The van der Waals surface area contributed by atoms with Gasteiger partial charge in [0.2, 0.25) is 0 Å². The lowest BCUT2D eigenvalue weighted by Crippen LogP contribution is -2.54. The zero-order valence-corrected chi connectivity index (χ0v) is 8.21. The average Bonchev–Trinajstić information content (AvgIpc) is 2.12. The second-order valence-electron chi connectivity index (χ2n) is 4.41. The Morgan fingerprint density at radius 2 is 2.25 bits per heavy atom. The van der Waals surface area contributed by atoms with Crippen molar-refractivity contribution in [2.75, 3.05) is 26.2 Å². The van der Waals surface area contributed by atoms with Crippen LogP contribution in [-0.2, 0) is 0 Å². The molecule has 0 aromatic carbocycles. The molecule has 2 fully saturated rings. The monoisotopic (exact) mass is 168 g/mol. The third-order valence-corrected chi connectivity index (χ3v) is 3.53. The van der Waals surface area contributed by atoms with Crippen LogP contribution < -0.4 is 5.32 Å². The van der Waals surface area contributed by atoms with Crippen molar-refractivity contribution in [2.24, 2.45) is 11.8 Å². The molecule has 3 atom stereocenters. The van der Waals surface area contributed by atoms with Crippen molar-refractivity contribution in [1.82, 2.24) is 10.2 Å². The second-order valence-corrected chi connectivity index (χ2v) is 4.41. The van der Waals surface area contributed by atoms with Crippen LogP contribution in [-0.4, -0.2) is 37.1 Å². The summed E-state index contributed by atoms with van der Waals surface area (Å²) in [7, 11) is 0. The summed E-state index contributed by atoms with van der Waals surface area (Å²) in [6.45, 7) is 9.74. The van der Waals surface area contributed by atoms with Crippen molar-refractivity contribution in [1.29, 1.82) is 0 Å². The number of rotatable bonds is 1. The molecule has 12 heavy (non-hydrogen) atoms. The molecule has 2 heterocycles. The van der Waals surface area contributed by atoms with E-state index >= 15 is 0 Å². The fraction of sp³-hybridized carbons (Fsp3) is 1.00. The highest BCUT2D eigenvalue weighted by Gasteiger charge is 2.33. The highest BCUT2D eigenvalue weighted by atomic mass is 15.2. The van der Waals surface area contributed by atoms with Crippen LogP contribution in [0, 0.1) is 11.8 Å². The van der Waals surface area contributed by atoms with Crippen molar-refractivity contribution < 1.29 is 0 Å². The molecule has 0 aromatic heterocycles. The fourth-order valence-corrected chi connectivity index (χ4v) is 2.64. The number of nitrogens with one attached hydrogen (secondary N) is 1. The number of piperidine rings is 2. The van der Waals surface area contributed by atoms with Crippen LogP contribution in [0.2, 0.25) is 0 Å². The highest BCUT2D eigenvalue weighted by molar-refractivity contribution is 4.89. The van der Waals surface area contributed by atoms with E-state index in [1.807, 2.05) is 0 Å². The molecule has 0 radical (unpaired) electrons. The van der Waals surface area contributed by atoms with Gasteiger partial charge in [-0.1, -0.05) is 6.92 Å². The van der Waals surface area contributed by atoms with E-state index in [9.17, 15) is 0 Å². The lowest BCUT2D eigenvalue weighted by Gasteiger charge is -2.44. The van der Waals surface area contributed by atoms with E-state index in [-0.39, 0.29) is 0 Å². The molecule has 2 bridgehead atoms. The number of nitrogens with zero attached hydrogens (tertiary/aromatic N) is 1. The topological polar surface area (TPSA) is 15.3 Å². The van der Waals surface area contributed by atoms with Gasteiger partial charge in [-0.3, -0.25) is 0 Å². The summed E-state index contributed by atoms with van der Waals surface area (Å²) in [6.07, 6.45) is 1.46. The third-order valence-electron chi connectivity index (χ3n) is 3.53. The van der Waals surface area contributed by atoms with Crippen molar-refractivity contribution in [3.05, 3.63) is 0 Å². The van der Waals surface area contributed by atoms with E-state index in [1.54, 1.807) is 0 Å². The molecule has 2 heteroatoms. The molecule has 0 aromatic rings. The zero-order valence-electron chi connectivity index (χ0n) is 8.21. The van der Waals surface area contributed by atoms with Crippen LogP contribution in [0.4, 0.5) is 0 Å². The first-order chi connectivity index (χ1) is 5.79. The zero-order chi connectivity index (χ0) is 8.55. The summed E-state index contributed by atoms with van der Waals surface area (Å²) >= 11 is 0. The lowest BCUT2D eigenvalue weighted by molar-refractivity contribution is 0.0770. The minimum Gasteiger partial charge on any atom is -0.314 e. The Morgan fingerprint density at radius 3 is 3.00 bits per heavy atom. The number of likely N-dealkylation sites (tertiary alicyclic amines) is 1. The highest BCUT2D eigenvalue weighted by Crippen LogP contribution is 2.27. The smallest absolute Gasteiger partial charge is 0.00794 e. The van der Waals surface area contributed by atoms with Gasteiger partial charge < -0.3 is 10.2 Å². The van der Waals surface area contributed by atoms with E-state index in [1.165, 1.54) is 32.6 Å². The van der Waals surface area contributed by atoms with Crippen LogP contribution >= 0.6 is 0 Å². The predicted octanol–water partition coefficient (Wildman–Crippen LogP) is 0.936. The molecule has 1 N–H and O–H groups in total. The van der Waals surface area contributed by atoms with Crippen molar-refractivity contribution in [2.45, 2.75) is 26.3 Å². The molecule has 2 rings (SSSR count). The normalized spacial score (nSPS) is 43.0. The minimum absolute atomic E-state index is 0.746. The molecule has 2 saturated heterocycles. The summed E-state index contributed by atoms with van der Waals surface area (Å²) in [5.74, 6) is 1.84. The summed E-state index contributed by atoms with van der Waals surface area (Å²) in [5, 5.41) is 3.60. The van der Waals surface area contributed by atoms with E-state index in [0.717, 1.165) is 17.9 Å². The molecular formula is C10H20N2. The summed E-state index contributed by atoms with van der Waals surface area (Å²) in [6, 6.07) is 0.746. The Balaban J connectivity index is 1.99. The Bertz CT molecular complexity index is 156. The molecule has 0 amide bonds. The van der Waals surface area contributed by atoms with Crippen LogP contribution in [0.25, 0.3) is 0 Å². The molecule has 2 nitrogen and oxygen atoms in total. The van der Waals surface area contributed by atoms with Crippen LogP contribution in [0.3, 0.4) is 0 Å². The fourth-order valence-electron chi connectivity index (χ4n) is 2.64. The Morgan fingerprint density at radius 1 is 1.42 bits per heavy atom. The van der Waals surface area contributed by atoms with E-state index in [4.69, 9.17) is 0 Å². The molecule has 2 aliphatic heterocycles. The van der Waals surface area contributed by atoms with Gasteiger partial charge >= 0.3 is 0 Å². The van der Waals surface area contributed by atoms with Crippen molar-refractivity contribution in [3.63, 3.8) is 0 Å². The summed E-state index contributed by atoms with van der Waals surface area (Å²) < 4.78 is 0. The van der Waals surface area contributed by atoms with Crippen molar-refractivity contribution in [3.8, 4) is 0 Å².